The van der Waals surface area contributed by atoms with Gasteiger partial charge in [0, 0.05) is 4.88 Å². The highest BCUT2D eigenvalue weighted by molar-refractivity contribution is 7.91. The fourth-order valence-electron chi connectivity index (χ4n) is 1.66. The highest BCUT2D eigenvalue weighted by atomic mass is 32.2. The molecule has 0 bridgehead atoms. The van der Waals surface area contributed by atoms with Crippen molar-refractivity contribution in [2.75, 3.05) is 0 Å². The van der Waals surface area contributed by atoms with Crippen molar-refractivity contribution in [2.24, 2.45) is 0 Å². The van der Waals surface area contributed by atoms with E-state index in [0.29, 0.717) is 10.6 Å². The normalized spacial score (nSPS) is 13.2. The molecule has 0 aliphatic heterocycles. The first-order valence-corrected chi connectivity index (χ1v) is 8.33. The van der Waals surface area contributed by atoms with E-state index in [1.165, 1.54) is 18.3 Å². The zero-order valence-corrected chi connectivity index (χ0v) is 13.0. The second-order valence-electron chi connectivity index (χ2n) is 4.44. The quantitative estimate of drug-likeness (QED) is 0.834. The number of oxazole rings is 1. The number of aliphatic carboxylic acids is 1. The molecule has 7 nitrogen and oxygen atoms in total. The van der Waals surface area contributed by atoms with Gasteiger partial charge in [0.2, 0.25) is 5.89 Å². The van der Waals surface area contributed by atoms with Crippen molar-refractivity contribution in [1.29, 1.82) is 0 Å². The molecule has 0 aliphatic rings. The van der Waals surface area contributed by atoms with E-state index in [4.69, 9.17) is 9.52 Å². The monoisotopic (exact) mass is 330 g/mol. The minimum absolute atomic E-state index is 0.0638. The first kappa shape index (κ1) is 15.7. The number of nitrogens with zero attached hydrogens (tertiary/aromatic N) is 1. The molecule has 9 heteroatoms. The van der Waals surface area contributed by atoms with Gasteiger partial charge in [-0.05, 0) is 26.0 Å². The van der Waals surface area contributed by atoms with Crippen LogP contribution in [0.25, 0.3) is 0 Å². The lowest BCUT2D eigenvalue weighted by Gasteiger charge is -2.09. The molecule has 0 saturated heterocycles. The zero-order chi connectivity index (χ0) is 15.6. The van der Waals surface area contributed by atoms with E-state index >= 15 is 0 Å². The Morgan fingerprint density at radius 3 is 2.81 bits per heavy atom. The molecule has 114 valence electrons. The molecule has 2 N–H and O–H groups in total. The van der Waals surface area contributed by atoms with Gasteiger partial charge in [0.1, 0.15) is 9.97 Å². The standard InChI is InChI=1S/C12H14N2O5S2/c1-7-6-13-12(19-7)8(2)14-21(17,18)11-4-3-9(20-11)5-10(15)16/h3-4,6,8,14H,5H2,1-2H3,(H,15,16). The fourth-order valence-corrected chi connectivity index (χ4v) is 4.22. The van der Waals surface area contributed by atoms with Crippen LogP contribution in [0.3, 0.4) is 0 Å². The molecule has 2 rings (SSSR count). The molecule has 1 atom stereocenters. The molecule has 21 heavy (non-hydrogen) atoms. The van der Waals surface area contributed by atoms with Crippen molar-refractivity contribution >= 4 is 27.3 Å². The summed E-state index contributed by atoms with van der Waals surface area (Å²) < 4.78 is 32.2. The first-order valence-electron chi connectivity index (χ1n) is 6.03. The molecule has 0 spiro atoms. The Kier molecular flexibility index (Phi) is 4.45. The second-order valence-corrected chi connectivity index (χ2v) is 7.55. The van der Waals surface area contributed by atoms with Gasteiger partial charge in [-0.25, -0.2) is 13.4 Å². The van der Waals surface area contributed by atoms with Gasteiger partial charge in [0.05, 0.1) is 18.7 Å². The third-order valence-electron chi connectivity index (χ3n) is 2.57. The number of rotatable bonds is 6. The van der Waals surface area contributed by atoms with E-state index in [-0.39, 0.29) is 16.5 Å². The topological polar surface area (TPSA) is 110 Å². The third kappa shape index (κ3) is 3.90. The number of carbonyl (C=O) groups is 1. The molecular weight excluding hydrogens is 316 g/mol. The Hall–Kier alpha value is -1.71. The summed E-state index contributed by atoms with van der Waals surface area (Å²) in [5, 5.41) is 8.70. The number of thiophene rings is 1. The summed E-state index contributed by atoms with van der Waals surface area (Å²) in [5.74, 6) is -0.133. The zero-order valence-electron chi connectivity index (χ0n) is 11.4. The van der Waals surface area contributed by atoms with Crippen LogP contribution in [0.4, 0.5) is 0 Å². The van der Waals surface area contributed by atoms with Crippen molar-refractivity contribution in [3.63, 3.8) is 0 Å². The second kappa shape index (κ2) is 5.96. The number of hydrogen-bond acceptors (Lipinski definition) is 6. The van der Waals surface area contributed by atoms with Crippen LogP contribution in [0, 0.1) is 6.92 Å². The van der Waals surface area contributed by atoms with Crippen molar-refractivity contribution in [3.05, 3.63) is 34.9 Å². The summed E-state index contributed by atoms with van der Waals surface area (Å²) in [6.45, 7) is 3.34. The molecule has 0 amide bonds. The van der Waals surface area contributed by atoms with E-state index in [0.717, 1.165) is 11.3 Å². The van der Waals surface area contributed by atoms with Gasteiger partial charge >= 0.3 is 5.97 Å². The fraction of sp³-hybridized carbons (Fsp3) is 0.333. The van der Waals surface area contributed by atoms with Gasteiger partial charge in [-0.3, -0.25) is 4.79 Å². The SMILES string of the molecule is Cc1cnc(C(C)NS(=O)(=O)c2ccc(CC(=O)O)s2)o1. The average molecular weight is 330 g/mol. The molecule has 0 fully saturated rings. The molecular formula is C12H14N2O5S2. The van der Waals surface area contributed by atoms with Crippen LogP contribution >= 0.6 is 11.3 Å². The Bertz CT molecular complexity index is 747. The van der Waals surface area contributed by atoms with Crippen molar-refractivity contribution in [3.8, 4) is 0 Å². The maximum atomic E-state index is 12.2. The number of nitrogens with one attached hydrogen (secondary N) is 1. The van der Waals surface area contributed by atoms with E-state index < -0.39 is 22.0 Å². The number of hydrogen-bond donors (Lipinski definition) is 2. The lowest BCUT2D eigenvalue weighted by molar-refractivity contribution is -0.136. The van der Waals surface area contributed by atoms with Crippen LogP contribution in [0.2, 0.25) is 0 Å². The van der Waals surface area contributed by atoms with Crippen molar-refractivity contribution in [1.82, 2.24) is 9.71 Å². The van der Waals surface area contributed by atoms with Gasteiger partial charge in [-0.15, -0.1) is 11.3 Å². The van der Waals surface area contributed by atoms with Crippen molar-refractivity contribution in [2.45, 2.75) is 30.5 Å². The number of aromatic nitrogens is 1. The number of aryl methyl sites for hydroxylation is 1. The maximum absolute atomic E-state index is 12.2. The van der Waals surface area contributed by atoms with Crippen LogP contribution in [0.1, 0.15) is 29.5 Å². The summed E-state index contributed by atoms with van der Waals surface area (Å²) in [5.41, 5.74) is 0. The van der Waals surface area contributed by atoms with Crippen LogP contribution in [-0.4, -0.2) is 24.5 Å². The molecule has 0 radical (unpaired) electrons. The van der Waals surface area contributed by atoms with Gasteiger partial charge in [0.25, 0.3) is 10.0 Å². The van der Waals surface area contributed by atoms with E-state index in [1.54, 1.807) is 13.8 Å². The predicted octanol–water partition coefficient (Wildman–Crippen LogP) is 1.71. The largest absolute Gasteiger partial charge is 0.481 e. The molecule has 2 aromatic rings. The van der Waals surface area contributed by atoms with Gasteiger partial charge < -0.3 is 9.52 Å². The Labute approximate surface area is 125 Å². The number of carboxylic acid groups (broad SMARTS) is 1. The summed E-state index contributed by atoms with van der Waals surface area (Å²) in [7, 11) is -3.74. The Morgan fingerprint density at radius 2 is 2.24 bits per heavy atom. The average Bonchev–Trinajstić information content (AvgIpc) is 2.97. The molecule has 1 unspecified atom stereocenters. The number of sulfonamides is 1. The lowest BCUT2D eigenvalue weighted by atomic mass is 10.3. The summed E-state index contributed by atoms with van der Waals surface area (Å²) in [6.07, 6.45) is 1.31. The smallest absolute Gasteiger partial charge is 0.308 e. The molecule has 0 aliphatic carbocycles. The summed E-state index contributed by atoms with van der Waals surface area (Å²) in [6, 6.07) is 2.26. The van der Waals surface area contributed by atoms with E-state index in [1.807, 2.05) is 0 Å². The third-order valence-corrected chi connectivity index (χ3v) is 5.69. The Morgan fingerprint density at radius 1 is 1.52 bits per heavy atom. The first-order chi connectivity index (χ1) is 9.78. The predicted molar refractivity (Wildman–Crippen MR) is 75.6 cm³/mol. The minimum Gasteiger partial charge on any atom is -0.481 e. The summed E-state index contributed by atoms with van der Waals surface area (Å²) >= 11 is 0.928. The van der Waals surface area contributed by atoms with Gasteiger partial charge in [-0.2, -0.15) is 4.72 Å². The van der Waals surface area contributed by atoms with Crippen molar-refractivity contribution < 1.29 is 22.7 Å². The van der Waals surface area contributed by atoms with Gasteiger partial charge in [-0.1, -0.05) is 0 Å². The van der Waals surface area contributed by atoms with Crippen LogP contribution in [0.5, 0.6) is 0 Å². The van der Waals surface area contributed by atoms with E-state index in [9.17, 15) is 13.2 Å². The molecule has 0 saturated carbocycles. The number of carboxylic acids is 1. The summed E-state index contributed by atoms with van der Waals surface area (Å²) in [4.78, 5) is 15.1. The highest BCUT2D eigenvalue weighted by Crippen LogP contribution is 2.24. The van der Waals surface area contributed by atoms with Crippen LogP contribution in [-0.2, 0) is 21.2 Å². The van der Waals surface area contributed by atoms with Gasteiger partial charge in [0.15, 0.2) is 0 Å². The highest BCUT2D eigenvalue weighted by Gasteiger charge is 2.23. The van der Waals surface area contributed by atoms with Crippen LogP contribution < -0.4 is 4.72 Å². The maximum Gasteiger partial charge on any atom is 0.308 e. The Balaban J connectivity index is 2.14. The van der Waals surface area contributed by atoms with Crippen LogP contribution in [0.15, 0.2) is 27.0 Å². The minimum atomic E-state index is -3.74. The molecule has 2 heterocycles. The molecule has 2 aromatic heterocycles. The van der Waals surface area contributed by atoms with E-state index in [2.05, 4.69) is 9.71 Å². The molecule has 0 aromatic carbocycles. The lowest BCUT2D eigenvalue weighted by Crippen LogP contribution is -2.26.